The van der Waals surface area contributed by atoms with E-state index in [9.17, 15) is 14.9 Å². The summed E-state index contributed by atoms with van der Waals surface area (Å²) in [6.07, 6.45) is 2.28. The Morgan fingerprint density at radius 2 is 1.62 bits per heavy atom. The van der Waals surface area contributed by atoms with Crippen molar-refractivity contribution in [1.29, 1.82) is 5.26 Å². The Morgan fingerprint density at radius 1 is 1.03 bits per heavy atom. The number of nitrogens with one attached hydrogen (secondary N) is 1. The molecule has 0 aliphatic rings. The van der Waals surface area contributed by atoms with Crippen LogP contribution < -0.4 is 10.1 Å². The number of aromatic carboxylic acids is 1. The van der Waals surface area contributed by atoms with Gasteiger partial charge in [0.05, 0.1) is 15.6 Å². The average Bonchev–Trinajstić information content (AvgIpc) is 2.82. The van der Waals surface area contributed by atoms with E-state index < -0.39 is 11.9 Å². The van der Waals surface area contributed by atoms with E-state index in [0.29, 0.717) is 11.3 Å². The summed E-state index contributed by atoms with van der Waals surface area (Å²) in [5, 5.41) is 21.5. The van der Waals surface area contributed by atoms with E-state index in [4.69, 9.17) is 33.0 Å². The van der Waals surface area contributed by atoms with Gasteiger partial charge in [-0.3, -0.25) is 4.79 Å². The minimum Gasteiger partial charge on any atom is -0.486 e. The first-order valence-corrected chi connectivity index (χ1v) is 11.0. The molecular formula is C26H20Cl2N2O4. The third-order valence-corrected chi connectivity index (χ3v) is 5.46. The first kappa shape index (κ1) is 24.8. The number of benzene rings is 3. The number of carbonyl (C=O) groups is 2. The molecule has 0 spiro atoms. The van der Waals surface area contributed by atoms with Crippen LogP contribution in [0.2, 0.25) is 10.0 Å². The number of anilines is 1. The fourth-order valence-electron chi connectivity index (χ4n) is 3.04. The second kappa shape index (κ2) is 11.4. The maximum Gasteiger partial charge on any atom is 0.335 e. The molecule has 0 heterocycles. The minimum absolute atomic E-state index is 0.112. The predicted molar refractivity (Wildman–Crippen MR) is 132 cm³/mol. The molecule has 0 unspecified atom stereocenters. The number of halogens is 2. The van der Waals surface area contributed by atoms with Gasteiger partial charge in [-0.1, -0.05) is 54.4 Å². The SMILES string of the molecule is CCc1ccc(NC(=O)/C(C#N)=C/c2cc(Cl)c(OCc3ccc(C(=O)O)cc3)c(Cl)c2)cc1. The summed E-state index contributed by atoms with van der Waals surface area (Å²) < 4.78 is 5.71. The maximum atomic E-state index is 12.5. The molecule has 34 heavy (non-hydrogen) atoms. The fraction of sp³-hybridized carbons (Fsp3) is 0.115. The van der Waals surface area contributed by atoms with Crippen LogP contribution in [0.5, 0.6) is 5.75 Å². The topological polar surface area (TPSA) is 99.4 Å². The number of aryl methyl sites for hydroxylation is 1. The van der Waals surface area contributed by atoms with Crippen molar-refractivity contribution in [3.63, 3.8) is 0 Å². The van der Waals surface area contributed by atoms with Crippen molar-refractivity contribution in [2.24, 2.45) is 0 Å². The number of hydrogen-bond acceptors (Lipinski definition) is 4. The van der Waals surface area contributed by atoms with E-state index in [1.165, 1.54) is 30.3 Å². The summed E-state index contributed by atoms with van der Waals surface area (Å²) in [4.78, 5) is 23.5. The summed E-state index contributed by atoms with van der Waals surface area (Å²) in [7, 11) is 0. The van der Waals surface area contributed by atoms with Gasteiger partial charge in [-0.15, -0.1) is 0 Å². The van der Waals surface area contributed by atoms with Gasteiger partial charge in [0.2, 0.25) is 0 Å². The highest BCUT2D eigenvalue weighted by atomic mass is 35.5. The van der Waals surface area contributed by atoms with Crippen molar-refractivity contribution in [3.05, 3.63) is 98.5 Å². The monoisotopic (exact) mass is 494 g/mol. The van der Waals surface area contributed by atoms with Gasteiger partial charge >= 0.3 is 5.97 Å². The smallest absolute Gasteiger partial charge is 0.335 e. The van der Waals surface area contributed by atoms with Crippen LogP contribution in [0.25, 0.3) is 6.08 Å². The molecule has 0 bridgehead atoms. The first-order chi connectivity index (χ1) is 16.3. The molecule has 3 rings (SSSR count). The lowest BCUT2D eigenvalue weighted by atomic mass is 10.1. The third kappa shape index (κ3) is 6.38. The zero-order valence-electron chi connectivity index (χ0n) is 18.1. The van der Waals surface area contributed by atoms with Crippen LogP contribution in [0, 0.1) is 11.3 Å². The Labute approximate surface area is 207 Å². The Kier molecular flexibility index (Phi) is 8.31. The quantitative estimate of drug-likeness (QED) is 0.279. The van der Waals surface area contributed by atoms with E-state index in [1.807, 2.05) is 25.1 Å². The molecular weight excluding hydrogens is 475 g/mol. The van der Waals surface area contributed by atoms with E-state index >= 15 is 0 Å². The van der Waals surface area contributed by atoms with Crippen molar-refractivity contribution in [2.75, 3.05) is 5.32 Å². The molecule has 0 aliphatic carbocycles. The molecule has 0 saturated carbocycles. The van der Waals surface area contributed by atoms with Crippen LogP contribution in [-0.2, 0) is 17.8 Å². The van der Waals surface area contributed by atoms with Gasteiger partial charge in [-0.05, 0) is 65.6 Å². The average molecular weight is 495 g/mol. The van der Waals surface area contributed by atoms with Gasteiger partial charge in [-0.25, -0.2) is 4.79 Å². The van der Waals surface area contributed by atoms with Crippen LogP contribution in [-0.4, -0.2) is 17.0 Å². The number of rotatable bonds is 8. The third-order valence-electron chi connectivity index (χ3n) is 4.90. The molecule has 6 nitrogen and oxygen atoms in total. The number of nitriles is 1. The lowest BCUT2D eigenvalue weighted by molar-refractivity contribution is -0.112. The van der Waals surface area contributed by atoms with E-state index in [-0.39, 0.29) is 33.5 Å². The van der Waals surface area contributed by atoms with Crippen molar-refractivity contribution in [1.82, 2.24) is 0 Å². The van der Waals surface area contributed by atoms with Crippen LogP contribution in [0.4, 0.5) is 5.69 Å². The molecule has 172 valence electrons. The summed E-state index contributed by atoms with van der Waals surface area (Å²) in [6, 6.07) is 18.6. The zero-order valence-corrected chi connectivity index (χ0v) is 19.7. The number of hydrogen-bond donors (Lipinski definition) is 2. The molecule has 1 amide bonds. The molecule has 3 aromatic rings. The molecule has 3 aromatic carbocycles. The summed E-state index contributed by atoms with van der Waals surface area (Å²) >= 11 is 12.7. The van der Waals surface area contributed by atoms with E-state index in [1.54, 1.807) is 24.3 Å². The highest BCUT2D eigenvalue weighted by Gasteiger charge is 2.13. The highest BCUT2D eigenvalue weighted by molar-refractivity contribution is 6.37. The minimum atomic E-state index is -1.01. The van der Waals surface area contributed by atoms with Gasteiger partial charge in [0.15, 0.2) is 5.75 Å². The fourth-order valence-corrected chi connectivity index (χ4v) is 3.65. The van der Waals surface area contributed by atoms with Crippen molar-refractivity contribution in [2.45, 2.75) is 20.0 Å². The van der Waals surface area contributed by atoms with Crippen molar-refractivity contribution < 1.29 is 19.4 Å². The molecule has 8 heteroatoms. The standard InChI is InChI=1S/C26H20Cl2N2O4/c1-2-16-5-9-21(10-6-16)30-25(31)20(14-29)11-18-12-22(27)24(23(28)13-18)34-15-17-3-7-19(8-4-17)26(32)33/h3-13H,2,15H2,1H3,(H,30,31)(H,32,33)/b20-11+. The lowest BCUT2D eigenvalue weighted by Gasteiger charge is -2.11. The van der Waals surface area contributed by atoms with E-state index in [0.717, 1.165) is 17.5 Å². The first-order valence-electron chi connectivity index (χ1n) is 10.3. The number of amides is 1. The van der Waals surface area contributed by atoms with Crippen LogP contribution in [0.3, 0.4) is 0 Å². The second-order valence-electron chi connectivity index (χ2n) is 7.28. The number of carbonyl (C=O) groups excluding carboxylic acids is 1. The van der Waals surface area contributed by atoms with Crippen molar-refractivity contribution in [3.8, 4) is 11.8 Å². The summed E-state index contributed by atoms with van der Waals surface area (Å²) in [6.45, 7) is 2.16. The Balaban J connectivity index is 1.73. The Hall–Kier alpha value is -3.79. The highest BCUT2D eigenvalue weighted by Crippen LogP contribution is 2.35. The number of carboxylic acids is 1. The van der Waals surface area contributed by atoms with Crippen molar-refractivity contribution >= 4 is 46.8 Å². The number of ether oxygens (including phenoxy) is 1. The van der Waals surface area contributed by atoms with Gasteiger partial charge in [0.25, 0.3) is 5.91 Å². The molecule has 0 radical (unpaired) electrons. The Morgan fingerprint density at radius 3 is 2.15 bits per heavy atom. The maximum absolute atomic E-state index is 12.5. The Bertz CT molecular complexity index is 1250. The molecule has 2 N–H and O–H groups in total. The number of nitrogens with zero attached hydrogens (tertiary/aromatic N) is 1. The normalized spacial score (nSPS) is 10.9. The van der Waals surface area contributed by atoms with Gasteiger partial charge in [0, 0.05) is 5.69 Å². The number of carboxylic acid groups (broad SMARTS) is 1. The van der Waals surface area contributed by atoms with E-state index in [2.05, 4.69) is 5.32 Å². The summed E-state index contributed by atoms with van der Waals surface area (Å²) in [5.74, 6) is -1.33. The molecule has 0 saturated heterocycles. The molecule has 0 atom stereocenters. The summed E-state index contributed by atoms with van der Waals surface area (Å²) in [5.41, 5.74) is 2.97. The predicted octanol–water partition coefficient (Wildman–Crippen LogP) is 6.38. The lowest BCUT2D eigenvalue weighted by Crippen LogP contribution is -2.13. The molecule has 0 fully saturated rings. The van der Waals surface area contributed by atoms with Crippen LogP contribution >= 0.6 is 23.2 Å². The second-order valence-corrected chi connectivity index (χ2v) is 8.09. The van der Waals surface area contributed by atoms with Gasteiger partial charge < -0.3 is 15.2 Å². The zero-order chi connectivity index (χ0) is 24.7. The van der Waals surface area contributed by atoms with Gasteiger partial charge in [0.1, 0.15) is 18.2 Å². The molecule has 0 aliphatic heterocycles. The molecule has 0 aromatic heterocycles. The van der Waals surface area contributed by atoms with Gasteiger partial charge in [-0.2, -0.15) is 5.26 Å². The largest absolute Gasteiger partial charge is 0.486 e. The van der Waals surface area contributed by atoms with Crippen LogP contribution in [0.15, 0.2) is 66.2 Å². The van der Waals surface area contributed by atoms with Crippen LogP contribution in [0.1, 0.15) is 34.0 Å².